The van der Waals surface area contributed by atoms with E-state index >= 15 is 4.39 Å². The lowest BCUT2D eigenvalue weighted by Gasteiger charge is -2.37. The van der Waals surface area contributed by atoms with Crippen molar-refractivity contribution in [2.75, 3.05) is 49.6 Å². The van der Waals surface area contributed by atoms with Crippen LogP contribution in [0.5, 0.6) is 6.01 Å². The summed E-state index contributed by atoms with van der Waals surface area (Å²) < 4.78 is 48.0. The second-order valence-corrected chi connectivity index (χ2v) is 10.7. The van der Waals surface area contributed by atoms with Crippen LogP contribution >= 0.6 is 0 Å². The van der Waals surface area contributed by atoms with Gasteiger partial charge in [0.05, 0.1) is 36.4 Å². The number of pyridine rings is 1. The smallest absolute Gasteiger partial charge is 0.316 e. The maximum atomic E-state index is 15.8. The van der Waals surface area contributed by atoms with Crippen LogP contribution in [0.3, 0.4) is 0 Å². The molecule has 0 saturated carbocycles. The number of ether oxygens (including phenoxy) is 1. The fraction of sp³-hybridized carbons (Fsp3) is 0.483. The minimum Gasteiger partial charge on any atom is -0.467 e. The number of rotatable bonds is 3. The van der Waals surface area contributed by atoms with Crippen LogP contribution in [0.15, 0.2) is 18.3 Å². The highest BCUT2D eigenvalue weighted by Crippen LogP contribution is 2.41. The molecule has 1 aromatic carbocycles. The first-order valence-electron chi connectivity index (χ1n) is 13.6. The molecule has 0 spiro atoms. The molecule has 7 rings (SSSR count). The van der Waals surface area contributed by atoms with E-state index in [1.807, 2.05) is 4.90 Å². The molecule has 3 aromatic rings. The van der Waals surface area contributed by atoms with Crippen LogP contribution in [0.25, 0.3) is 10.9 Å². The van der Waals surface area contributed by atoms with Crippen molar-refractivity contribution < 1.29 is 23.0 Å². The molecule has 2 aromatic heterocycles. The van der Waals surface area contributed by atoms with Gasteiger partial charge in [-0.2, -0.15) is 4.98 Å². The lowest BCUT2D eigenvalue weighted by atomic mass is 9.95. The number of alkyl halides is 1. The monoisotopic (exact) mass is 552 g/mol. The minimum absolute atomic E-state index is 0.0106. The van der Waals surface area contributed by atoms with E-state index in [0.717, 1.165) is 32.5 Å². The quantitative estimate of drug-likeness (QED) is 0.493. The predicted molar refractivity (Wildman–Crippen MR) is 146 cm³/mol. The molecule has 3 atom stereocenters. The number of aliphatic hydroxyl groups is 1. The SMILES string of the molecule is C#Cc1c(F)ccc2c1N(c1nc(N3CCC3)c3cnc(OC)nc3c1F)CC(O)C2.FC1CC2CCCN2C1. The Hall–Kier alpha value is -3.62. The molecule has 40 heavy (non-hydrogen) atoms. The molecular formula is C29H31F3N6O2. The zero-order valence-corrected chi connectivity index (χ0v) is 22.3. The summed E-state index contributed by atoms with van der Waals surface area (Å²) in [7, 11) is 1.40. The Morgan fingerprint density at radius 2 is 1.93 bits per heavy atom. The summed E-state index contributed by atoms with van der Waals surface area (Å²) in [5.74, 6) is 1.52. The molecule has 8 nitrogen and oxygen atoms in total. The zero-order chi connectivity index (χ0) is 28.0. The lowest BCUT2D eigenvalue weighted by molar-refractivity contribution is 0.178. The summed E-state index contributed by atoms with van der Waals surface area (Å²) >= 11 is 0. The van der Waals surface area contributed by atoms with Crippen LogP contribution in [-0.2, 0) is 6.42 Å². The molecule has 0 amide bonds. The Bertz CT molecular complexity index is 1460. The van der Waals surface area contributed by atoms with Crippen molar-refractivity contribution in [3.63, 3.8) is 0 Å². The van der Waals surface area contributed by atoms with Gasteiger partial charge < -0.3 is 19.6 Å². The van der Waals surface area contributed by atoms with Crippen LogP contribution in [0, 0.1) is 24.0 Å². The number of benzene rings is 1. The molecule has 1 N–H and O–H groups in total. The second-order valence-electron chi connectivity index (χ2n) is 10.7. The minimum atomic E-state index is -0.798. The van der Waals surface area contributed by atoms with Crippen molar-refractivity contribution >= 4 is 28.2 Å². The van der Waals surface area contributed by atoms with Gasteiger partial charge in [0.1, 0.15) is 23.3 Å². The van der Waals surface area contributed by atoms with Crippen LogP contribution < -0.4 is 14.5 Å². The molecule has 3 fully saturated rings. The van der Waals surface area contributed by atoms with Crippen molar-refractivity contribution in [2.45, 2.75) is 50.4 Å². The van der Waals surface area contributed by atoms with Gasteiger partial charge in [0.2, 0.25) is 0 Å². The highest BCUT2D eigenvalue weighted by Gasteiger charge is 2.35. The number of terminal acetylenes is 1. The highest BCUT2D eigenvalue weighted by atomic mass is 19.1. The molecule has 210 valence electrons. The predicted octanol–water partition coefficient (Wildman–Crippen LogP) is 3.75. The van der Waals surface area contributed by atoms with E-state index < -0.39 is 23.9 Å². The first-order valence-corrected chi connectivity index (χ1v) is 13.6. The van der Waals surface area contributed by atoms with Crippen molar-refractivity contribution in [1.29, 1.82) is 0 Å². The number of halogens is 3. The molecule has 3 unspecified atom stereocenters. The number of hydrogen-bond acceptors (Lipinski definition) is 8. The number of β-amino-alcohol motifs (C(OH)–C–C–N with tert-alkyl or cyclic N) is 1. The Labute approximate surface area is 230 Å². The Kier molecular flexibility index (Phi) is 7.15. The second kappa shape index (κ2) is 10.7. The number of methoxy groups -OCH3 is 1. The normalized spacial score (nSPS) is 23.6. The van der Waals surface area contributed by atoms with Gasteiger partial charge in [-0.25, -0.2) is 23.1 Å². The number of aliphatic hydroxyl groups excluding tert-OH is 1. The topological polar surface area (TPSA) is 77.9 Å². The van der Waals surface area contributed by atoms with E-state index in [4.69, 9.17) is 11.2 Å². The Morgan fingerprint density at radius 3 is 2.62 bits per heavy atom. The maximum Gasteiger partial charge on any atom is 0.316 e. The average molecular weight is 553 g/mol. The van der Waals surface area contributed by atoms with Crippen LogP contribution in [0.2, 0.25) is 0 Å². The van der Waals surface area contributed by atoms with E-state index in [1.165, 1.54) is 37.1 Å². The Balaban J connectivity index is 0.000000271. The molecular weight excluding hydrogens is 521 g/mol. The maximum absolute atomic E-state index is 15.8. The fourth-order valence-electron chi connectivity index (χ4n) is 6.12. The van der Waals surface area contributed by atoms with E-state index in [1.54, 1.807) is 6.07 Å². The molecule has 0 radical (unpaired) electrons. The summed E-state index contributed by atoms with van der Waals surface area (Å²) in [5.41, 5.74) is 1.02. The van der Waals surface area contributed by atoms with Crippen molar-refractivity contribution in [2.24, 2.45) is 0 Å². The number of nitrogens with zero attached hydrogens (tertiary/aromatic N) is 6. The van der Waals surface area contributed by atoms with Gasteiger partial charge in [0, 0.05) is 38.3 Å². The van der Waals surface area contributed by atoms with E-state index in [9.17, 15) is 13.9 Å². The van der Waals surface area contributed by atoms with Gasteiger partial charge >= 0.3 is 6.01 Å². The third-order valence-electron chi connectivity index (χ3n) is 8.15. The third kappa shape index (κ3) is 4.69. The van der Waals surface area contributed by atoms with Crippen LogP contribution in [-0.4, -0.2) is 83.1 Å². The Morgan fingerprint density at radius 1 is 1.10 bits per heavy atom. The number of anilines is 3. The molecule has 4 aliphatic heterocycles. The van der Waals surface area contributed by atoms with Gasteiger partial charge in [-0.15, -0.1) is 6.42 Å². The van der Waals surface area contributed by atoms with Crippen LogP contribution in [0.1, 0.15) is 36.8 Å². The summed E-state index contributed by atoms with van der Waals surface area (Å²) in [5, 5.41) is 10.9. The standard InChI is InChI=1S/C22H19F2N5O2.C7H12FN/c1-3-14-16(23)6-5-12-9-13(30)11-29(19(12)14)21-17(24)18-15(10-25-22(26-18)31-2)20(27-21)28-7-4-8-28;8-6-4-7-2-1-3-9(7)5-6/h1,5-6,10,13,30H,4,7-9,11H2,2H3;6-7H,1-5H2. The first kappa shape index (κ1) is 26.6. The number of hydrogen-bond donors (Lipinski definition) is 1. The van der Waals surface area contributed by atoms with Gasteiger partial charge in [0.15, 0.2) is 11.6 Å². The van der Waals surface area contributed by atoms with Crippen molar-refractivity contribution in [3.8, 4) is 18.4 Å². The zero-order valence-electron chi connectivity index (χ0n) is 22.3. The van der Waals surface area contributed by atoms with Crippen LogP contribution in [0.4, 0.5) is 30.5 Å². The lowest BCUT2D eigenvalue weighted by Crippen LogP contribution is -2.40. The summed E-state index contributed by atoms with van der Waals surface area (Å²) in [6.45, 7) is 3.41. The first-order chi connectivity index (χ1) is 19.4. The highest BCUT2D eigenvalue weighted by molar-refractivity contribution is 5.93. The fourth-order valence-corrected chi connectivity index (χ4v) is 6.12. The third-order valence-corrected chi connectivity index (χ3v) is 8.15. The molecule has 11 heteroatoms. The van der Waals surface area contributed by atoms with Crippen molar-refractivity contribution in [1.82, 2.24) is 19.9 Å². The molecule has 4 aliphatic rings. The number of fused-ring (bicyclic) bond motifs is 3. The molecule has 3 saturated heterocycles. The van der Waals surface area contributed by atoms with Crippen molar-refractivity contribution in [3.05, 3.63) is 41.1 Å². The summed E-state index contributed by atoms with van der Waals surface area (Å²) in [6.07, 6.45) is 10.4. The summed E-state index contributed by atoms with van der Waals surface area (Å²) in [6, 6.07) is 3.45. The van der Waals surface area contributed by atoms with E-state index in [2.05, 4.69) is 25.8 Å². The number of aromatic nitrogens is 3. The van der Waals surface area contributed by atoms with Gasteiger partial charge in [0.25, 0.3) is 0 Å². The molecule has 0 bridgehead atoms. The average Bonchev–Trinajstić information content (AvgIpc) is 3.50. The van der Waals surface area contributed by atoms with E-state index in [-0.39, 0.29) is 35.9 Å². The summed E-state index contributed by atoms with van der Waals surface area (Å²) in [4.78, 5) is 18.6. The van der Waals surface area contributed by atoms with Gasteiger partial charge in [-0.05, 0) is 43.9 Å². The largest absolute Gasteiger partial charge is 0.467 e. The van der Waals surface area contributed by atoms with Gasteiger partial charge in [-0.1, -0.05) is 12.0 Å². The van der Waals surface area contributed by atoms with Gasteiger partial charge in [-0.3, -0.25) is 4.90 Å². The van der Waals surface area contributed by atoms with E-state index in [0.29, 0.717) is 35.0 Å². The molecule has 6 heterocycles. The molecule has 0 aliphatic carbocycles.